The minimum Gasteiger partial charge on any atom is -0.383 e. The highest BCUT2D eigenvalue weighted by Crippen LogP contribution is 2.44. The maximum atomic E-state index is 5.49. The third-order valence-electron chi connectivity index (χ3n) is 5.54. The molecule has 0 radical (unpaired) electrons. The van der Waals surface area contributed by atoms with Gasteiger partial charge in [0.15, 0.2) is 0 Å². The van der Waals surface area contributed by atoms with Crippen molar-refractivity contribution in [2.45, 2.75) is 31.8 Å². The smallest absolute Gasteiger partial charge is 0.225 e. The second-order valence-corrected chi connectivity index (χ2v) is 8.17. The van der Waals surface area contributed by atoms with Crippen LogP contribution in [0.3, 0.4) is 0 Å². The average molecular weight is 359 g/mol. The lowest BCUT2D eigenvalue weighted by molar-refractivity contribution is 0.106. The number of hydrogen-bond donors (Lipinski definition) is 0. The number of thiazole rings is 1. The maximum Gasteiger partial charge on any atom is 0.225 e. The molecule has 2 aromatic heterocycles. The second kappa shape index (κ2) is 7.35. The molecule has 1 spiro atoms. The van der Waals surface area contributed by atoms with Gasteiger partial charge < -0.3 is 9.64 Å². The summed E-state index contributed by atoms with van der Waals surface area (Å²) in [7, 11) is 1.78. The standard InChI is InChI=1S/C18H25N5OS/c1-24-13-15-11-18(14-23(15)17-20-5-2-6-21-17)3-8-22(9-4-18)12-16-19-7-10-25-16/h2,5-7,10,15H,3-4,8-9,11-14H2,1H3. The number of rotatable bonds is 5. The van der Waals surface area contributed by atoms with Crippen molar-refractivity contribution in [2.75, 3.05) is 38.3 Å². The van der Waals surface area contributed by atoms with Gasteiger partial charge >= 0.3 is 0 Å². The van der Waals surface area contributed by atoms with Gasteiger partial charge in [-0.3, -0.25) is 4.90 Å². The summed E-state index contributed by atoms with van der Waals surface area (Å²) in [5.41, 5.74) is 0.363. The number of likely N-dealkylation sites (tertiary alicyclic amines) is 1. The van der Waals surface area contributed by atoms with E-state index in [1.54, 1.807) is 18.4 Å². The number of ether oxygens (including phenoxy) is 1. The zero-order chi connectivity index (χ0) is 17.1. The van der Waals surface area contributed by atoms with Crippen LogP contribution in [-0.2, 0) is 11.3 Å². The zero-order valence-corrected chi connectivity index (χ0v) is 15.5. The Morgan fingerprint density at radius 1 is 1.20 bits per heavy atom. The maximum absolute atomic E-state index is 5.49. The van der Waals surface area contributed by atoms with Gasteiger partial charge in [-0.05, 0) is 43.8 Å². The molecule has 0 bridgehead atoms. The Bertz CT molecular complexity index is 657. The first-order valence-electron chi connectivity index (χ1n) is 8.91. The second-order valence-electron chi connectivity index (χ2n) is 7.19. The molecule has 0 saturated carbocycles. The van der Waals surface area contributed by atoms with E-state index in [1.165, 1.54) is 24.3 Å². The summed E-state index contributed by atoms with van der Waals surface area (Å²) in [5.74, 6) is 0.839. The van der Waals surface area contributed by atoms with Gasteiger partial charge in [-0.15, -0.1) is 11.3 Å². The Kier molecular flexibility index (Phi) is 4.96. The van der Waals surface area contributed by atoms with E-state index in [0.29, 0.717) is 11.5 Å². The van der Waals surface area contributed by atoms with Crippen LogP contribution in [0.15, 0.2) is 30.0 Å². The average Bonchev–Trinajstić information content (AvgIpc) is 3.27. The number of aromatic nitrogens is 3. The monoisotopic (exact) mass is 359 g/mol. The molecule has 0 aliphatic carbocycles. The summed E-state index contributed by atoms with van der Waals surface area (Å²) in [5, 5.41) is 3.28. The van der Waals surface area contributed by atoms with Gasteiger partial charge in [0.25, 0.3) is 0 Å². The topological polar surface area (TPSA) is 54.4 Å². The molecule has 6 nitrogen and oxygen atoms in total. The van der Waals surface area contributed by atoms with E-state index in [0.717, 1.165) is 38.7 Å². The zero-order valence-electron chi connectivity index (χ0n) is 14.7. The van der Waals surface area contributed by atoms with Crippen molar-refractivity contribution in [1.82, 2.24) is 19.9 Å². The third kappa shape index (κ3) is 3.68. The highest BCUT2D eigenvalue weighted by atomic mass is 32.1. The molecule has 0 amide bonds. The fourth-order valence-electron chi connectivity index (χ4n) is 4.25. The van der Waals surface area contributed by atoms with E-state index in [1.807, 2.05) is 24.7 Å². The van der Waals surface area contributed by atoms with Gasteiger partial charge in [0, 0.05) is 37.6 Å². The Morgan fingerprint density at radius 2 is 2.00 bits per heavy atom. The molecule has 2 saturated heterocycles. The predicted octanol–water partition coefficient (Wildman–Crippen LogP) is 2.44. The Hall–Kier alpha value is -1.57. The van der Waals surface area contributed by atoms with Crippen molar-refractivity contribution in [3.8, 4) is 0 Å². The van der Waals surface area contributed by atoms with Crippen LogP contribution < -0.4 is 4.90 Å². The van der Waals surface area contributed by atoms with Gasteiger partial charge in [-0.1, -0.05) is 0 Å². The molecular formula is C18H25N5OS. The molecule has 2 aliphatic rings. The summed E-state index contributed by atoms with van der Waals surface area (Å²) in [6.45, 7) is 5.05. The molecule has 0 N–H and O–H groups in total. The van der Waals surface area contributed by atoms with E-state index < -0.39 is 0 Å². The molecule has 134 valence electrons. The summed E-state index contributed by atoms with van der Waals surface area (Å²) >= 11 is 1.75. The number of nitrogens with zero attached hydrogens (tertiary/aromatic N) is 5. The fourth-order valence-corrected chi connectivity index (χ4v) is 4.91. The highest BCUT2D eigenvalue weighted by Gasteiger charge is 2.46. The molecule has 7 heteroatoms. The van der Waals surface area contributed by atoms with Crippen LogP contribution in [0, 0.1) is 5.41 Å². The van der Waals surface area contributed by atoms with E-state index in [2.05, 4.69) is 30.1 Å². The van der Waals surface area contributed by atoms with Gasteiger partial charge in [-0.2, -0.15) is 0 Å². The summed E-state index contributed by atoms with van der Waals surface area (Å²) in [6, 6.07) is 2.25. The van der Waals surface area contributed by atoms with Crippen LogP contribution in [0.1, 0.15) is 24.3 Å². The first-order valence-corrected chi connectivity index (χ1v) is 9.79. The van der Waals surface area contributed by atoms with Gasteiger partial charge in [-0.25, -0.2) is 15.0 Å². The van der Waals surface area contributed by atoms with Crippen LogP contribution in [0.5, 0.6) is 0 Å². The van der Waals surface area contributed by atoms with Gasteiger partial charge in [0.2, 0.25) is 5.95 Å². The minimum atomic E-state index is 0.363. The van der Waals surface area contributed by atoms with Crippen molar-refractivity contribution < 1.29 is 4.74 Å². The molecule has 2 aliphatic heterocycles. The number of anilines is 1. The molecule has 1 atom stereocenters. The first-order chi connectivity index (χ1) is 12.3. The molecule has 2 fully saturated rings. The van der Waals surface area contributed by atoms with E-state index in [-0.39, 0.29) is 0 Å². The quantitative estimate of drug-likeness (QED) is 0.817. The lowest BCUT2D eigenvalue weighted by Gasteiger charge is -2.39. The highest BCUT2D eigenvalue weighted by molar-refractivity contribution is 7.09. The van der Waals surface area contributed by atoms with Crippen LogP contribution in [-0.4, -0.2) is 59.2 Å². The minimum absolute atomic E-state index is 0.363. The molecule has 25 heavy (non-hydrogen) atoms. The largest absolute Gasteiger partial charge is 0.383 e. The molecule has 2 aromatic rings. The number of methoxy groups -OCH3 is 1. The Morgan fingerprint density at radius 3 is 2.68 bits per heavy atom. The molecule has 4 rings (SSSR count). The van der Waals surface area contributed by atoms with Gasteiger partial charge in [0.05, 0.1) is 19.2 Å². The first kappa shape index (κ1) is 16.9. The van der Waals surface area contributed by atoms with Crippen LogP contribution >= 0.6 is 11.3 Å². The van der Waals surface area contributed by atoms with Crippen LogP contribution in [0.2, 0.25) is 0 Å². The van der Waals surface area contributed by atoms with Gasteiger partial charge in [0.1, 0.15) is 5.01 Å². The van der Waals surface area contributed by atoms with Crippen molar-refractivity contribution in [1.29, 1.82) is 0 Å². The van der Waals surface area contributed by atoms with E-state index in [9.17, 15) is 0 Å². The lowest BCUT2D eigenvalue weighted by Crippen LogP contribution is -2.41. The van der Waals surface area contributed by atoms with Crippen LogP contribution in [0.4, 0.5) is 5.95 Å². The summed E-state index contributed by atoms with van der Waals surface area (Å²) in [6.07, 6.45) is 9.17. The fraction of sp³-hybridized carbons (Fsp3) is 0.611. The van der Waals surface area contributed by atoms with Crippen molar-refractivity contribution in [2.24, 2.45) is 5.41 Å². The van der Waals surface area contributed by atoms with E-state index in [4.69, 9.17) is 4.74 Å². The van der Waals surface area contributed by atoms with Crippen molar-refractivity contribution in [3.05, 3.63) is 35.0 Å². The molecule has 4 heterocycles. The summed E-state index contributed by atoms with van der Waals surface area (Å²) < 4.78 is 5.49. The Labute approximate surface area is 152 Å². The molecule has 1 unspecified atom stereocenters. The van der Waals surface area contributed by atoms with Crippen LogP contribution in [0.25, 0.3) is 0 Å². The SMILES string of the molecule is COCC1CC2(CCN(Cc3nccs3)CC2)CN1c1ncccn1. The lowest BCUT2D eigenvalue weighted by atomic mass is 9.76. The third-order valence-corrected chi connectivity index (χ3v) is 6.31. The summed E-state index contributed by atoms with van der Waals surface area (Å²) in [4.78, 5) is 18.3. The van der Waals surface area contributed by atoms with Crippen molar-refractivity contribution >= 4 is 17.3 Å². The molecule has 0 aromatic carbocycles. The predicted molar refractivity (Wildman–Crippen MR) is 98.7 cm³/mol. The van der Waals surface area contributed by atoms with E-state index >= 15 is 0 Å². The van der Waals surface area contributed by atoms with Crippen molar-refractivity contribution in [3.63, 3.8) is 0 Å². The number of piperidine rings is 1. The number of hydrogen-bond acceptors (Lipinski definition) is 7. The Balaban J connectivity index is 1.42. The molecular weight excluding hydrogens is 334 g/mol. The normalized spacial score (nSPS) is 23.4.